The lowest BCUT2D eigenvalue weighted by Crippen LogP contribution is -2.36. The van der Waals surface area contributed by atoms with Crippen LogP contribution in [0.2, 0.25) is 0 Å². The van der Waals surface area contributed by atoms with Gasteiger partial charge in [-0.25, -0.2) is 4.39 Å². The van der Waals surface area contributed by atoms with Crippen LogP contribution in [-0.4, -0.2) is 61.0 Å². The van der Waals surface area contributed by atoms with Crippen molar-refractivity contribution in [2.75, 3.05) is 40.3 Å². The molecule has 0 aromatic heterocycles. The van der Waals surface area contributed by atoms with Gasteiger partial charge in [-0.3, -0.25) is 9.69 Å². The molecule has 0 radical (unpaired) electrons. The summed E-state index contributed by atoms with van der Waals surface area (Å²) in [5, 5.41) is 9.65. The maximum atomic E-state index is 13.2. The summed E-state index contributed by atoms with van der Waals surface area (Å²) in [6, 6.07) is 3.45. The number of carbonyl (C=O) groups is 1. The van der Waals surface area contributed by atoms with E-state index in [-0.39, 0.29) is 23.6 Å². The highest BCUT2D eigenvalue weighted by Gasteiger charge is 2.16. The number of likely N-dealkylation sites (N-methyl/N-ethyl adjacent to an activating group) is 1. The van der Waals surface area contributed by atoms with Gasteiger partial charge in [0.2, 0.25) is 0 Å². The Kier molecular flexibility index (Phi) is 6.61. The molecule has 0 saturated carbocycles. The molecule has 0 amide bonds. The molecule has 4 nitrogen and oxygen atoms in total. The first kappa shape index (κ1) is 16.6. The van der Waals surface area contributed by atoms with E-state index in [9.17, 15) is 14.3 Å². The molecule has 1 rings (SSSR count). The highest BCUT2D eigenvalue weighted by Crippen LogP contribution is 2.18. The average Bonchev–Trinajstić information content (AvgIpc) is 2.38. The molecule has 0 atom stereocenters. The molecular weight excluding hydrogens is 259 g/mol. The fraction of sp³-hybridized carbons (Fsp3) is 0.533. The number of nitrogens with zero attached hydrogens (tertiary/aromatic N) is 2. The second-order valence-corrected chi connectivity index (χ2v) is 5.16. The first-order chi connectivity index (χ1) is 9.43. The molecule has 5 heteroatoms. The van der Waals surface area contributed by atoms with Crippen molar-refractivity contribution in [2.24, 2.45) is 0 Å². The Morgan fingerprint density at radius 1 is 1.25 bits per heavy atom. The van der Waals surface area contributed by atoms with Gasteiger partial charge in [0.1, 0.15) is 11.6 Å². The molecule has 20 heavy (non-hydrogen) atoms. The quantitative estimate of drug-likeness (QED) is 0.741. The molecular formula is C15H23FN2O2. The summed E-state index contributed by atoms with van der Waals surface area (Å²) in [6.07, 6.45) is 0.940. The largest absolute Gasteiger partial charge is 0.507 e. The maximum Gasteiger partial charge on any atom is 0.180 e. The fourth-order valence-corrected chi connectivity index (χ4v) is 1.95. The number of ketones is 1. The number of Topliss-reactive ketones (excluding diaryl/α,β-unsaturated/α-hetero) is 1. The van der Waals surface area contributed by atoms with Crippen molar-refractivity contribution >= 4 is 5.78 Å². The lowest BCUT2D eigenvalue weighted by atomic mass is 10.1. The van der Waals surface area contributed by atoms with E-state index in [0.717, 1.165) is 38.2 Å². The van der Waals surface area contributed by atoms with Gasteiger partial charge in [-0.1, -0.05) is 6.92 Å². The first-order valence-electron chi connectivity index (χ1n) is 6.82. The normalized spacial score (nSPS) is 11.3. The van der Waals surface area contributed by atoms with Crippen LogP contribution in [0.15, 0.2) is 18.2 Å². The van der Waals surface area contributed by atoms with Gasteiger partial charge in [-0.2, -0.15) is 0 Å². The molecule has 0 saturated heterocycles. The molecule has 0 spiro atoms. The van der Waals surface area contributed by atoms with E-state index in [1.807, 2.05) is 30.8 Å². The zero-order valence-corrected chi connectivity index (χ0v) is 12.4. The molecule has 112 valence electrons. The predicted octanol–water partition coefficient (Wildman–Crippen LogP) is 1.99. The monoisotopic (exact) mass is 282 g/mol. The molecule has 1 aromatic rings. The first-order valence-corrected chi connectivity index (χ1v) is 6.82. The standard InChI is InChI=1S/C15H23FN2O2/c1-4-7-18(9-8-17(2)3)11-15(20)13-10-12(16)5-6-14(13)19/h5-6,10,19H,4,7-9,11H2,1-3H3. The minimum absolute atomic E-state index is 0.0518. The number of phenolic OH excluding ortho intramolecular Hbond substituents is 1. The number of halogens is 1. The third kappa shape index (κ3) is 5.27. The van der Waals surface area contributed by atoms with Crippen molar-refractivity contribution in [3.63, 3.8) is 0 Å². The van der Waals surface area contributed by atoms with E-state index in [2.05, 4.69) is 0 Å². The minimum Gasteiger partial charge on any atom is -0.507 e. The minimum atomic E-state index is -0.513. The second-order valence-electron chi connectivity index (χ2n) is 5.16. The van der Waals surface area contributed by atoms with Gasteiger partial charge >= 0.3 is 0 Å². The number of hydrogen-bond acceptors (Lipinski definition) is 4. The Morgan fingerprint density at radius 3 is 2.55 bits per heavy atom. The number of carbonyl (C=O) groups excluding carboxylic acids is 1. The highest BCUT2D eigenvalue weighted by molar-refractivity contribution is 6.00. The maximum absolute atomic E-state index is 13.2. The summed E-state index contributed by atoms with van der Waals surface area (Å²) in [6.45, 7) is 4.66. The number of phenols is 1. The molecule has 0 aliphatic carbocycles. The molecule has 0 bridgehead atoms. The lowest BCUT2D eigenvalue weighted by molar-refractivity contribution is 0.0922. The van der Waals surface area contributed by atoms with Crippen molar-refractivity contribution in [1.82, 2.24) is 9.80 Å². The van der Waals surface area contributed by atoms with Gasteiger partial charge in [0, 0.05) is 13.1 Å². The Labute approximate surface area is 119 Å². The van der Waals surface area contributed by atoms with Gasteiger partial charge in [0.25, 0.3) is 0 Å². The summed E-state index contributed by atoms with van der Waals surface area (Å²) in [7, 11) is 3.95. The van der Waals surface area contributed by atoms with Crippen molar-refractivity contribution in [2.45, 2.75) is 13.3 Å². The summed E-state index contributed by atoms with van der Waals surface area (Å²) in [4.78, 5) is 16.2. The zero-order chi connectivity index (χ0) is 15.1. The van der Waals surface area contributed by atoms with Crippen molar-refractivity contribution in [3.8, 4) is 5.75 Å². The van der Waals surface area contributed by atoms with Crippen LogP contribution in [0, 0.1) is 5.82 Å². The molecule has 0 unspecified atom stereocenters. The van der Waals surface area contributed by atoms with Crippen molar-refractivity contribution in [1.29, 1.82) is 0 Å². The lowest BCUT2D eigenvalue weighted by Gasteiger charge is -2.23. The van der Waals surface area contributed by atoms with Crippen LogP contribution >= 0.6 is 0 Å². The number of benzene rings is 1. The van der Waals surface area contributed by atoms with Crippen LogP contribution in [0.4, 0.5) is 4.39 Å². The van der Waals surface area contributed by atoms with Crippen LogP contribution in [0.1, 0.15) is 23.7 Å². The molecule has 0 heterocycles. The molecule has 0 fully saturated rings. The van der Waals surface area contributed by atoms with Gasteiger partial charge < -0.3 is 10.0 Å². The van der Waals surface area contributed by atoms with Crippen molar-refractivity contribution in [3.05, 3.63) is 29.6 Å². The van der Waals surface area contributed by atoms with Gasteiger partial charge in [0.15, 0.2) is 5.78 Å². The molecule has 0 aliphatic heterocycles. The number of hydrogen-bond donors (Lipinski definition) is 1. The molecule has 0 aliphatic rings. The summed E-state index contributed by atoms with van der Waals surface area (Å²) in [5.41, 5.74) is 0.0518. The van der Waals surface area contributed by atoms with Gasteiger partial charge in [0.05, 0.1) is 12.1 Å². The SMILES string of the molecule is CCCN(CCN(C)C)CC(=O)c1cc(F)ccc1O. The summed E-state index contributed by atoms with van der Waals surface area (Å²) in [5.74, 6) is -0.934. The fourth-order valence-electron chi connectivity index (χ4n) is 1.95. The zero-order valence-electron chi connectivity index (χ0n) is 12.4. The van der Waals surface area contributed by atoms with Crippen molar-refractivity contribution < 1.29 is 14.3 Å². The third-order valence-electron chi connectivity index (χ3n) is 3.03. The highest BCUT2D eigenvalue weighted by atomic mass is 19.1. The summed E-state index contributed by atoms with van der Waals surface area (Å²) >= 11 is 0. The molecule has 1 N–H and O–H groups in total. The molecule has 1 aromatic carbocycles. The smallest absolute Gasteiger partial charge is 0.180 e. The van der Waals surface area contributed by atoms with Crippen LogP contribution in [0.5, 0.6) is 5.75 Å². The number of rotatable bonds is 8. The Hall–Kier alpha value is -1.46. The average molecular weight is 282 g/mol. The Balaban J connectivity index is 2.71. The van der Waals surface area contributed by atoms with Crippen LogP contribution in [0.3, 0.4) is 0 Å². The van der Waals surface area contributed by atoms with E-state index in [1.54, 1.807) is 0 Å². The third-order valence-corrected chi connectivity index (χ3v) is 3.03. The second kappa shape index (κ2) is 7.97. The van der Waals surface area contributed by atoms with Crippen LogP contribution in [-0.2, 0) is 0 Å². The Bertz CT molecular complexity index is 449. The van der Waals surface area contributed by atoms with E-state index in [0.29, 0.717) is 0 Å². The van der Waals surface area contributed by atoms with Crippen LogP contribution < -0.4 is 0 Å². The predicted molar refractivity (Wildman–Crippen MR) is 77.7 cm³/mol. The topological polar surface area (TPSA) is 43.8 Å². The summed E-state index contributed by atoms with van der Waals surface area (Å²) < 4.78 is 13.2. The van der Waals surface area contributed by atoms with Gasteiger partial charge in [-0.05, 0) is 45.3 Å². The van der Waals surface area contributed by atoms with E-state index >= 15 is 0 Å². The van der Waals surface area contributed by atoms with E-state index in [4.69, 9.17) is 0 Å². The number of aromatic hydroxyl groups is 1. The van der Waals surface area contributed by atoms with E-state index in [1.165, 1.54) is 6.07 Å². The van der Waals surface area contributed by atoms with Crippen LogP contribution in [0.25, 0.3) is 0 Å². The van der Waals surface area contributed by atoms with Gasteiger partial charge in [-0.15, -0.1) is 0 Å². The Morgan fingerprint density at radius 2 is 1.95 bits per heavy atom. The van der Waals surface area contributed by atoms with E-state index < -0.39 is 5.82 Å².